The molecule has 1 aromatic rings. The number of benzene rings is 1. The standard InChI is InChI=1S/C8H5O4P/c9-7-12-8(10)13(7,11)6-4-2-1-3-5-6/h1-5H. The lowest BCUT2D eigenvalue weighted by atomic mass is 10.4. The van der Waals surface area contributed by atoms with Crippen LogP contribution in [-0.2, 0) is 9.30 Å². The third kappa shape index (κ3) is 0.956. The highest BCUT2D eigenvalue weighted by Gasteiger charge is 2.56. The maximum atomic E-state index is 11.7. The summed E-state index contributed by atoms with van der Waals surface area (Å²) in [5.74, 6) is 0. The van der Waals surface area contributed by atoms with Crippen LogP contribution in [0.15, 0.2) is 30.3 Å². The molecule has 0 spiro atoms. The average Bonchev–Trinajstić information content (AvgIpc) is 2.18. The first-order valence-electron chi connectivity index (χ1n) is 3.58. The van der Waals surface area contributed by atoms with Crippen LogP contribution in [0.2, 0.25) is 0 Å². The lowest BCUT2D eigenvalue weighted by Crippen LogP contribution is -2.31. The zero-order valence-corrected chi connectivity index (χ0v) is 7.36. The number of cyclic esters (lactones) is 2. The van der Waals surface area contributed by atoms with E-state index in [1.54, 1.807) is 18.2 Å². The van der Waals surface area contributed by atoms with Crippen molar-refractivity contribution in [2.24, 2.45) is 0 Å². The summed E-state index contributed by atoms with van der Waals surface area (Å²) in [5.41, 5.74) is -1.83. The minimum Gasteiger partial charge on any atom is -0.381 e. The van der Waals surface area contributed by atoms with E-state index in [1.165, 1.54) is 12.1 Å². The SMILES string of the molecule is O=C1OC(=O)P1(=O)c1ccccc1. The molecule has 0 aliphatic carbocycles. The Hall–Kier alpha value is -1.41. The van der Waals surface area contributed by atoms with Gasteiger partial charge in [0.2, 0.25) is 0 Å². The summed E-state index contributed by atoms with van der Waals surface area (Å²) in [5, 5.41) is 0.247. The lowest BCUT2D eigenvalue weighted by Gasteiger charge is -2.21. The zero-order valence-electron chi connectivity index (χ0n) is 6.47. The van der Waals surface area contributed by atoms with E-state index in [9.17, 15) is 14.2 Å². The van der Waals surface area contributed by atoms with Crippen LogP contribution in [0.3, 0.4) is 0 Å². The predicted molar refractivity (Wildman–Crippen MR) is 45.6 cm³/mol. The molecule has 0 amide bonds. The first kappa shape index (κ1) is 8.20. The summed E-state index contributed by atoms with van der Waals surface area (Å²) in [6.07, 6.45) is 0. The van der Waals surface area contributed by atoms with Gasteiger partial charge in [-0.1, -0.05) is 30.3 Å². The third-order valence-corrected chi connectivity index (χ3v) is 4.05. The Morgan fingerprint density at radius 1 is 1.00 bits per heavy atom. The van der Waals surface area contributed by atoms with Crippen molar-refractivity contribution >= 4 is 23.9 Å². The molecule has 5 heteroatoms. The van der Waals surface area contributed by atoms with E-state index in [0.29, 0.717) is 0 Å². The van der Waals surface area contributed by atoms with Crippen molar-refractivity contribution in [1.82, 2.24) is 0 Å². The van der Waals surface area contributed by atoms with E-state index in [1.807, 2.05) is 0 Å². The maximum Gasteiger partial charge on any atom is 0.387 e. The van der Waals surface area contributed by atoms with Crippen LogP contribution in [0.5, 0.6) is 0 Å². The summed E-state index contributed by atoms with van der Waals surface area (Å²) in [7, 11) is -3.53. The van der Waals surface area contributed by atoms with Crippen LogP contribution in [0.1, 0.15) is 0 Å². The number of hydrogen-bond donors (Lipinski definition) is 0. The maximum absolute atomic E-state index is 11.7. The molecule has 1 aliphatic rings. The van der Waals surface area contributed by atoms with E-state index in [-0.39, 0.29) is 5.30 Å². The van der Waals surface area contributed by atoms with Crippen LogP contribution >= 0.6 is 7.14 Å². The fourth-order valence-corrected chi connectivity index (χ4v) is 2.54. The molecule has 1 aliphatic heterocycles. The fourth-order valence-electron chi connectivity index (χ4n) is 1.09. The highest BCUT2D eigenvalue weighted by Crippen LogP contribution is 2.56. The van der Waals surface area contributed by atoms with Crippen molar-refractivity contribution in [3.8, 4) is 0 Å². The van der Waals surface area contributed by atoms with E-state index in [4.69, 9.17) is 0 Å². The summed E-state index contributed by atoms with van der Waals surface area (Å²) in [6, 6.07) is 7.92. The van der Waals surface area contributed by atoms with Crippen molar-refractivity contribution < 1.29 is 18.9 Å². The molecule has 0 aromatic heterocycles. The van der Waals surface area contributed by atoms with Gasteiger partial charge in [0.15, 0.2) is 0 Å². The second-order valence-electron chi connectivity index (χ2n) is 2.58. The minimum absolute atomic E-state index is 0.247. The van der Waals surface area contributed by atoms with Crippen molar-refractivity contribution in [2.45, 2.75) is 0 Å². The number of carbonyl (C=O) groups is 2. The highest BCUT2D eigenvalue weighted by atomic mass is 31.2. The predicted octanol–water partition coefficient (Wildman–Crippen LogP) is 1.95. The van der Waals surface area contributed by atoms with E-state index in [0.717, 1.165) is 0 Å². The van der Waals surface area contributed by atoms with E-state index >= 15 is 0 Å². The molecule has 0 atom stereocenters. The molecule has 13 heavy (non-hydrogen) atoms. The Labute approximate surface area is 73.9 Å². The average molecular weight is 196 g/mol. The van der Waals surface area contributed by atoms with Gasteiger partial charge in [-0.15, -0.1) is 0 Å². The van der Waals surface area contributed by atoms with Gasteiger partial charge in [-0.3, -0.25) is 4.57 Å². The molecular weight excluding hydrogens is 191 g/mol. The Morgan fingerprint density at radius 3 is 2.00 bits per heavy atom. The Bertz CT molecular complexity index is 405. The molecule has 0 saturated carbocycles. The van der Waals surface area contributed by atoms with Gasteiger partial charge in [0, 0.05) is 5.30 Å². The van der Waals surface area contributed by atoms with Crippen LogP contribution in [-0.4, -0.2) is 11.4 Å². The molecule has 1 fully saturated rings. The number of ether oxygens (including phenoxy) is 1. The van der Waals surface area contributed by atoms with Gasteiger partial charge in [0.1, 0.15) is 0 Å². The monoisotopic (exact) mass is 196 g/mol. The molecule has 1 aromatic carbocycles. The van der Waals surface area contributed by atoms with Crippen molar-refractivity contribution in [1.29, 1.82) is 0 Å². The Kier molecular flexibility index (Phi) is 1.60. The third-order valence-electron chi connectivity index (χ3n) is 1.81. The largest absolute Gasteiger partial charge is 0.387 e. The highest BCUT2D eigenvalue weighted by molar-refractivity contribution is 8.02. The van der Waals surface area contributed by atoms with Gasteiger partial charge >= 0.3 is 18.6 Å². The second-order valence-corrected chi connectivity index (χ2v) is 5.04. The molecular formula is C8H5O4P. The quantitative estimate of drug-likeness (QED) is 0.508. The minimum atomic E-state index is -3.53. The summed E-state index contributed by atoms with van der Waals surface area (Å²) in [4.78, 5) is 21.7. The van der Waals surface area contributed by atoms with Crippen molar-refractivity contribution in [3.63, 3.8) is 0 Å². The summed E-state index contributed by atoms with van der Waals surface area (Å²) >= 11 is 0. The molecule has 0 radical (unpaired) electrons. The second kappa shape index (κ2) is 2.54. The van der Waals surface area contributed by atoms with Gasteiger partial charge in [0.05, 0.1) is 0 Å². The zero-order chi connectivity index (χ0) is 9.47. The van der Waals surface area contributed by atoms with E-state index in [2.05, 4.69) is 4.74 Å². The van der Waals surface area contributed by atoms with Gasteiger partial charge < -0.3 is 4.74 Å². The topological polar surface area (TPSA) is 60.4 Å². The van der Waals surface area contributed by atoms with Gasteiger partial charge in [-0.2, -0.15) is 0 Å². The molecule has 66 valence electrons. The molecule has 4 nitrogen and oxygen atoms in total. The number of hydrogen-bond acceptors (Lipinski definition) is 4. The van der Waals surface area contributed by atoms with Gasteiger partial charge in [0.25, 0.3) is 0 Å². The van der Waals surface area contributed by atoms with Crippen LogP contribution in [0.4, 0.5) is 9.59 Å². The Morgan fingerprint density at radius 2 is 1.54 bits per heavy atom. The molecule has 0 bridgehead atoms. The molecule has 0 N–H and O–H groups in total. The first-order chi connectivity index (χ1) is 6.15. The van der Waals surface area contributed by atoms with Gasteiger partial charge in [-0.05, 0) is 0 Å². The van der Waals surface area contributed by atoms with Crippen LogP contribution in [0, 0.1) is 0 Å². The molecule has 2 rings (SSSR count). The van der Waals surface area contributed by atoms with Gasteiger partial charge in [-0.25, -0.2) is 9.59 Å². The van der Waals surface area contributed by atoms with Crippen molar-refractivity contribution in [2.75, 3.05) is 0 Å². The Balaban J connectivity index is 2.53. The first-order valence-corrected chi connectivity index (χ1v) is 5.29. The smallest absolute Gasteiger partial charge is 0.381 e. The number of carbonyl (C=O) groups excluding carboxylic acids is 2. The molecule has 0 unspecified atom stereocenters. The normalized spacial score (nSPS) is 19.1. The molecule has 1 heterocycles. The van der Waals surface area contributed by atoms with Crippen LogP contribution < -0.4 is 5.30 Å². The lowest BCUT2D eigenvalue weighted by molar-refractivity contribution is 0.172. The molecule has 1 saturated heterocycles. The van der Waals surface area contributed by atoms with Crippen LogP contribution in [0.25, 0.3) is 0 Å². The van der Waals surface area contributed by atoms with E-state index < -0.39 is 18.6 Å². The van der Waals surface area contributed by atoms with Crippen molar-refractivity contribution in [3.05, 3.63) is 30.3 Å². The summed E-state index contributed by atoms with van der Waals surface area (Å²) in [6.45, 7) is 0. The fraction of sp³-hybridized carbons (Fsp3) is 0. The summed E-state index contributed by atoms with van der Waals surface area (Å²) < 4.78 is 15.8. The number of rotatable bonds is 1.